The lowest BCUT2D eigenvalue weighted by molar-refractivity contribution is -0.145. The number of carboxylic acid groups (broad SMARTS) is 1. The van der Waals surface area contributed by atoms with Crippen molar-refractivity contribution >= 4 is 24.9 Å². The zero-order chi connectivity index (χ0) is 32.4. The molecule has 2 bridgehead atoms. The van der Waals surface area contributed by atoms with E-state index in [4.69, 9.17) is 14.0 Å². The molecule has 9 nitrogen and oxygen atoms in total. The third kappa shape index (κ3) is 6.43. The first-order valence-corrected chi connectivity index (χ1v) is 14.5. The number of hydrogen-bond acceptors (Lipinski definition) is 6. The maximum atomic E-state index is 13.7. The highest BCUT2D eigenvalue weighted by Gasteiger charge is 2.69. The maximum Gasteiger partial charge on any atom is 0.481 e. The Hall–Kier alpha value is -2.85. The number of rotatable bonds is 10. The van der Waals surface area contributed by atoms with Crippen molar-refractivity contribution < 1.29 is 59.9 Å². The van der Waals surface area contributed by atoms with Gasteiger partial charge in [0.05, 0.1) is 46.9 Å². The highest BCUT2D eigenvalue weighted by molar-refractivity contribution is 6.48. The number of halogens is 6. The summed E-state index contributed by atoms with van der Waals surface area (Å²) in [7, 11) is -1.02. The van der Waals surface area contributed by atoms with Gasteiger partial charge < -0.3 is 29.8 Å². The van der Waals surface area contributed by atoms with Gasteiger partial charge >= 0.3 is 25.4 Å². The second-order valence-corrected chi connectivity index (χ2v) is 12.7. The summed E-state index contributed by atoms with van der Waals surface area (Å²) >= 11 is 0. The van der Waals surface area contributed by atoms with Crippen LogP contribution in [0.1, 0.15) is 74.4 Å². The summed E-state index contributed by atoms with van der Waals surface area (Å²) in [6.07, 6.45) is -10.1. The topological polar surface area (TPSA) is 123 Å². The number of benzene rings is 1. The number of alkyl halides is 6. The molecule has 16 heteroatoms. The molecule has 1 aromatic carbocycles. The molecular formula is C28H33BF6N2O7. The van der Waals surface area contributed by atoms with Gasteiger partial charge in [-0.1, -0.05) is 26.7 Å². The first kappa shape index (κ1) is 32.5. The quantitative estimate of drug-likeness (QED) is 0.260. The Balaban J connectivity index is 1.35. The molecule has 3 heterocycles. The molecule has 6 unspecified atom stereocenters. The molecule has 0 radical (unpaired) electrons. The monoisotopic (exact) mass is 634 g/mol. The number of ether oxygens (including phenoxy) is 1. The summed E-state index contributed by atoms with van der Waals surface area (Å²) in [6, 6.07) is -0.776. The van der Waals surface area contributed by atoms with Gasteiger partial charge in [0, 0.05) is 0 Å². The van der Waals surface area contributed by atoms with Crippen LogP contribution in [0.15, 0.2) is 18.2 Å². The van der Waals surface area contributed by atoms with Gasteiger partial charge in [-0.05, 0) is 56.2 Å². The van der Waals surface area contributed by atoms with E-state index in [1.807, 2.05) is 13.8 Å². The maximum absolute atomic E-state index is 13.7. The fraction of sp³-hybridized carbons (Fsp3) is 0.679. The summed E-state index contributed by atoms with van der Waals surface area (Å²) in [5.41, 5.74) is -5.21. The molecule has 5 rings (SSSR count). The Labute approximate surface area is 249 Å². The van der Waals surface area contributed by atoms with Gasteiger partial charge in [-0.25, -0.2) is 0 Å². The van der Waals surface area contributed by atoms with E-state index in [0.717, 1.165) is 12.8 Å². The average molecular weight is 634 g/mol. The fourth-order valence-electron chi connectivity index (χ4n) is 6.40. The van der Waals surface area contributed by atoms with Crippen LogP contribution >= 0.6 is 0 Å². The second kappa shape index (κ2) is 11.5. The van der Waals surface area contributed by atoms with E-state index in [1.54, 1.807) is 6.92 Å². The summed E-state index contributed by atoms with van der Waals surface area (Å²) in [5.74, 6) is -4.83. The number of aliphatic carboxylic acids is 1. The van der Waals surface area contributed by atoms with E-state index in [9.17, 15) is 45.8 Å². The standard InChI is InChI=1S/C28H33BF6N2O7/c1-12(2)8-20(29-43-22-21-16(25(40)41)11-19(42-21)26(22,3)44-29)37-24(39)18(9-13-4-5-13)36-23(38)15-10-14(27(30,31)32)6-7-17(15)28(33,34)35/h6-7,10,12-13,16,18-22H,4-5,8-9,11H2,1-3H3,(H,36,38)(H,37,39)(H,40,41)/t16?,18?,19?,20-,21?,22?,26?/m0/s1. The van der Waals surface area contributed by atoms with Gasteiger partial charge in [0.1, 0.15) is 11.6 Å². The van der Waals surface area contributed by atoms with Gasteiger partial charge in [-0.3, -0.25) is 14.4 Å². The molecule has 3 saturated heterocycles. The van der Waals surface area contributed by atoms with Crippen molar-refractivity contribution in [2.75, 3.05) is 0 Å². The molecule has 1 saturated carbocycles. The molecule has 7 atom stereocenters. The first-order valence-electron chi connectivity index (χ1n) is 14.5. The van der Waals surface area contributed by atoms with Crippen molar-refractivity contribution in [2.24, 2.45) is 17.8 Å². The Morgan fingerprint density at radius 2 is 1.77 bits per heavy atom. The molecule has 4 fully saturated rings. The lowest BCUT2D eigenvalue weighted by atomic mass is 9.73. The zero-order valence-electron chi connectivity index (χ0n) is 24.1. The van der Waals surface area contributed by atoms with Crippen LogP contribution in [0.2, 0.25) is 0 Å². The van der Waals surface area contributed by atoms with Crippen LogP contribution in [0.4, 0.5) is 26.3 Å². The van der Waals surface area contributed by atoms with Crippen LogP contribution < -0.4 is 10.6 Å². The van der Waals surface area contributed by atoms with Gasteiger partial charge in [-0.15, -0.1) is 0 Å². The van der Waals surface area contributed by atoms with E-state index in [2.05, 4.69) is 10.6 Å². The van der Waals surface area contributed by atoms with Gasteiger partial charge in [0.2, 0.25) is 5.91 Å². The normalized spacial score (nSPS) is 29.5. The van der Waals surface area contributed by atoms with Crippen LogP contribution in [-0.4, -0.2) is 65.9 Å². The largest absolute Gasteiger partial charge is 0.481 e. The molecule has 4 aliphatic rings. The SMILES string of the molecule is CC(C)C[C@H](NC(=O)C(CC1CC1)NC(=O)c1cc(C(F)(F)F)ccc1C(F)(F)F)B1OC2C3OC(CC3C(=O)O)C2(C)O1. The number of hydrogen-bond donors (Lipinski definition) is 3. The zero-order valence-corrected chi connectivity index (χ0v) is 24.1. The molecule has 1 aliphatic carbocycles. The van der Waals surface area contributed by atoms with Crippen LogP contribution in [0.5, 0.6) is 0 Å². The Morgan fingerprint density at radius 1 is 1.09 bits per heavy atom. The van der Waals surface area contributed by atoms with Crippen molar-refractivity contribution in [2.45, 2.75) is 101 Å². The number of carbonyl (C=O) groups excluding carboxylic acids is 2. The molecule has 242 valence electrons. The van der Waals surface area contributed by atoms with Crippen LogP contribution in [0.25, 0.3) is 0 Å². The lowest BCUT2D eigenvalue weighted by Gasteiger charge is -2.33. The molecule has 3 N–H and O–H groups in total. The Bertz CT molecular complexity index is 1310. The van der Waals surface area contributed by atoms with Crippen LogP contribution in [-0.2, 0) is 36.0 Å². The predicted octanol–water partition coefficient (Wildman–Crippen LogP) is 4.23. The number of carboxylic acids is 1. The Morgan fingerprint density at radius 3 is 2.34 bits per heavy atom. The van der Waals surface area contributed by atoms with Gasteiger partial charge in [0.15, 0.2) is 0 Å². The Kier molecular flexibility index (Phi) is 8.51. The minimum atomic E-state index is -5.12. The van der Waals surface area contributed by atoms with Crippen LogP contribution in [0, 0.1) is 17.8 Å². The highest BCUT2D eigenvalue weighted by atomic mass is 19.4. The molecule has 0 aromatic heterocycles. The number of fused-ring (bicyclic) bond motifs is 5. The molecular weight excluding hydrogens is 601 g/mol. The van der Waals surface area contributed by atoms with Crippen molar-refractivity contribution in [3.63, 3.8) is 0 Å². The summed E-state index contributed by atoms with van der Waals surface area (Å²) in [4.78, 5) is 38.4. The molecule has 2 amide bonds. The third-order valence-corrected chi connectivity index (χ3v) is 8.82. The van der Waals surface area contributed by atoms with Crippen LogP contribution in [0.3, 0.4) is 0 Å². The van der Waals surface area contributed by atoms with Crippen molar-refractivity contribution in [1.29, 1.82) is 0 Å². The van der Waals surface area contributed by atoms with Gasteiger partial charge in [0.25, 0.3) is 5.91 Å². The number of nitrogens with one attached hydrogen (secondary N) is 2. The number of amides is 2. The number of carbonyl (C=O) groups is 3. The fourth-order valence-corrected chi connectivity index (χ4v) is 6.40. The van der Waals surface area contributed by atoms with E-state index >= 15 is 0 Å². The van der Waals surface area contributed by atoms with Crippen molar-refractivity contribution in [3.8, 4) is 0 Å². The smallest absolute Gasteiger partial charge is 0.481 e. The van der Waals surface area contributed by atoms with Gasteiger partial charge in [-0.2, -0.15) is 26.3 Å². The molecule has 0 spiro atoms. The minimum Gasteiger partial charge on any atom is -0.481 e. The van der Waals surface area contributed by atoms with E-state index in [-0.39, 0.29) is 42.9 Å². The van der Waals surface area contributed by atoms with Crippen molar-refractivity contribution in [1.82, 2.24) is 10.6 Å². The summed E-state index contributed by atoms with van der Waals surface area (Å²) in [5, 5.41) is 14.6. The lowest BCUT2D eigenvalue weighted by Crippen LogP contribution is -2.55. The predicted molar refractivity (Wildman–Crippen MR) is 141 cm³/mol. The second-order valence-electron chi connectivity index (χ2n) is 12.7. The average Bonchev–Trinajstić information content (AvgIpc) is 3.38. The summed E-state index contributed by atoms with van der Waals surface area (Å²) in [6.45, 7) is 5.50. The third-order valence-electron chi connectivity index (χ3n) is 8.82. The molecule has 3 aliphatic heterocycles. The van der Waals surface area contributed by atoms with E-state index in [0.29, 0.717) is 6.42 Å². The first-order chi connectivity index (χ1) is 20.4. The summed E-state index contributed by atoms with van der Waals surface area (Å²) < 4.78 is 99.2. The molecule has 1 aromatic rings. The molecule has 44 heavy (non-hydrogen) atoms. The van der Waals surface area contributed by atoms with Crippen molar-refractivity contribution in [3.05, 3.63) is 34.9 Å². The van der Waals surface area contributed by atoms with E-state index in [1.165, 1.54) is 0 Å². The highest BCUT2D eigenvalue weighted by Crippen LogP contribution is 2.52. The van der Waals surface area contributed by atoms with E-state index < -0.39 is 95.8 Å². The minimum absolute atomic E-state index is 0.00332.